The maximum atomic E-state index is 10.8. The Bertz CT molecular complexity index is 1220. The van der Waals surface area contributed by atoms with Gasteiger partial charge in [-0.3, -0.25) is 14.8 Å². The number of nitrogens with zero attached hydrogens (tertiary/aromatic N) is 3. The summed E-state index contributed by atoms with van der Waals surface area (Å²) in [4.78, 5) is 23.8. The number of ether oxygens (including phenoxy) is 1. The molecule has 1 unspecified atom stereocenters. The lowest BCUT2D eigenvalue weighted by atomic mass is 10.1. The highest BCUT2D eigenvalue weighted by Gasteiger charge is 2.18. The van der Waals surface area contributed by atoms with Gasteiger partial charge in [0, 0.05) is 24.1 Å². The molecule has 0 saturated heterocycles. The maximum Gasteiger partial charge on any atom is 0.285 e. The Morgan fingerprint density at radius 1 is 1.28 bits per heavy atom. The van der Waals surface area contributed by atoms with Crippen molar-refractivity contribution in [2.24, 2.45) is 0 Å². The molecule has 0 amide bonds. The molecular weight excluding hydrogens is 455 g/mol. The molecule has 0 aliphatic carbocycles. The van der Waals surface area contributed by atoms with E-state index in [1.807, 2.05) is 29.6 Å². The molecule has 1 aromatic carbocycles. The molecule has 0 bridgehead atoms. The molecule has 12 heteroatoms. The van der Waals surface area contributed by atoms with Gasteiger partial charge in [0.2, 0.25) is 0 Å². The van der Waals surface area contributed by atoms with E-state index in [1.165, 1.54) is 10.8 Å². The molecule has 0 aliphatic rings. The number of pyridine rings is 1. The normalized spacial score (nSPS) is 13.1. The number of thiazole rings is 1. The second kappa shape index (κ2) is 9.60. The van der Waals surface area contributed by atoms with Crippen LogP contribution in [0, 0.1) is 0 Å². The number of nitrogens with two attached hydrogens (primary N) is 1. The van der Waals surface area contributed by atoms with Crippen LogP contribution < -0.4 is 19.9 Å². The lowest BCUT2D eigenvalue weighted by Gasteiger charge is -2.14. The Balaban J connectivity index is 1.41. The molecule has 3 aromatic heterocycles. The van der Waals surface area contributed by atoms with Crippen molar-refractivity contribution in [3.8, 4) is 17.1 Å². The van der Waals surface area contributed by atoms with Gasteiger partial charge in [0.15, 0.2) is 12.5 Å². The van der Waals surface area contributed by atoms with Crippen molar-refractivity contribution in [2.75, 3.05) is 5.73 Å². The second-order valence-electron chi connectivity index (χ2n) is 6.72. The van der Waals surface area contributed by atoms with Gasteiger partial charge in [-0.1, -0.05) is 17.3 Å². The van der Waals surface area contributed by atoms with Crippen molar-refractivity contribution in [1.82, 2.24) is 10.1 Å². The van der Waals surface area contributed by atoms with Crippen LogP contribution in [0.5, 0.6) is 5.75 Å². The number of hydrogen-bond acceptors (Lipinski definition) is 9. The third-order valence-electron chi connectivity index (χ3n) is 4.45. The van der Waals surface area contributed by atoms with Gasteiger partial charge in [-0.2, -0.15) is 0 Å². The van der Waals surface area contributed by atoms with Crippen LogP contribution in [0.25, 0.3) is 11.3 Å². The Morgan fingerprint density at radius 2 is 2.09 bits per heavy atom. The number of phosphoric acid groups is 1. The minimum absolute atomic E-state index is 0.199. The molecule has 0 spiro atoms. The van der Waals surface area contributed by atoms with Gasteiger partial charge in [-0.05, 0) is 29.8 Å². The first-order valence-corrected chi connectivity index (χ1v) is 11.8. The van der Waals surface area contributed by atoms with Crippen LogP contribution in [-0.2, 0) is 28.8 Å². The van der Waals surface area contributed by atoms with Crippen LogP contribution in [0.15, 0.2) is 64.8 Å². The van der Waals surface area contributed by atoms with Crippen molar-refractivity contribution in [3.63, 3.8) is 0 Å². The first-order chi connectivity index (χ1) is 15.4. The SMILES string of the molecule is Nc1c(-c2cc(Cc3ccc(OCc4nccs4)cc3)no2)ccc[n+]1COP(=O)([O-])O. The fourth-order valence-corrected chi connectivity index (χ4v) is 3.72. The van der Waals surface area contributed by atoms with Gasteiger partial charge in [0.05, 0.1) is 11.9 Å². The van der Waals surface area contributed by atoms with E-state index in [0.717, 1.165) is 16.3 Å². The monoisotopic (exact) mass is 474 g/mol. The standard InChI is InChI=1S/C20H19N4O6PS/c21-20-17(2-1-8-24(20)13-29-31(25,26)27)18-11-15(23-30-18)10-14-3-5-16(6-4-14)28-12-19-22-7-9-32-19/h1-9,11,21H,10,12-13H2,(H2,25,26,27). The minimum Gasteiger partial charge on any atom is -0.756 e. The number of nitrogen functional groups attached to an aromatic ring is 1. The van der Waals surface area contributed by atoms with E-state index in [1.54, 1.807) is 35.7 Å². The third kappa shape index (κ3) is 5.78. The summed E-state index contributed by atoms with van der Waals surface area (Å²) in [7, 11) is -4.87. The van der Waals surface area contributed by atoms with E-state index in [4.69, 9.17) is 19.9 Å². The molecule has 0 fully saturated rings. The molecule has 0 saturated carbocycles. The Hall–Kier alpha value is -3.08. The summed E-state index contributed by atoms with van der Waals surface area (Å²) in [5.41, 5.74) is 8.32. The van der Waals surface area contributed by atoms with Crippen LogP contribution in [0.3, 0.4) is 0 Å². The summed E-state index contributed by atoms with van der Waals surface area (Å²) in [6, 6.07) is 12.8. The third-order valence-corrected chi connectivity index (χ3v) is 5.65. The Kier molecular flexibility index (Phi) is 6.63. The van der Waals surface area contributed by atoms with Gasteiger partial charge in [-0.15, -0.1) is 11.3 Å². The predicted molar refractivity (Wildman–Crippen MR) is 113 cm³/mol. The highest BCUT2D eigenvalue weighted by Crippen LogP contribution is 2.30. The number of anilines is 1. The molecule has 4 rings (SSSR count). The second-order valence-corrected chi connectivity index (χ2v) is 8.90. The van der Waals surface area contributed by atoms with Gasteiger partial charge in [0.25, 0.3) is 13.6 Å². The van der Waals surface area contributed by atoms with Crippen molar-refractivity contribution in [3.05, 3.63) is 76.5 Å². The van der Waals surface area contributed by atoms with E-state index in [2.05, 4.69) is 14.7 Å². The zero-order valence-electron chi connectivity index (χ0n) is 16.7. The largest absolute Gasteiger partial charge is 0.756 e. The highest BCUT2D eigenvalue weighted by molar-refractivity contribution is 7.44. The number of aromatic nitrogens is 3. The van der Waals surface area contributed by atoms with Crippen LogP contribution in [0.1, 0.15) is 16.3 Å². The Morgan fingerprint density at radius 3 is 2.81 bits per heavy atom. The molecule has 0 aliphatic heterocycles. The summed E-state index contributed by atoms with van der Waals surface area (Å²) in [5.74, 6) is 1.37. The van der Waals surface area contributed by atoms with E-state index >= 15 is 0 Å². The van der Waals surface area contributed by atoms with E-state index in [9.17, 15) is 9.46 Å². The molecular formula is C20H19N4O6PS. The summed E-state index contributed by atoms with van der Waals surface area (Å²) in [6.07, 6.45) is 3.80. The predicted octanol–water partition coefficient (Wildman–Crippen LogP) is 2.27. The van der Waals surface area contributed by atoms with Crippen LogP contribution in [-0.4, -0.2) is 15.0 Å². The van der Waals surface area contributed by atoms with Gasteiger partial charge in [0.1, 0.15) is 22.9 Å². The molecule has 4 aromatic rings. The average molecular weight is 474 g/mol. The number of hydrogen-bond donors (Lipinski definition) is 2. The number of benzene rings is 1. The zero-order chi connectivity index (χ0) is 22.6. The van der Waals surface area contributed by atoms with E-state index in [0.29, 0.717) is 30.0 Å². The Labute approximate surface area is 187 Å². The first kappa shape index (κ1) is 22.1. The maximum absolute atomic E-state index is 10.8. The molecule has 10 nitrogen and oxygen atoms in total. The molecule has 0 radical (unpaired) electrons. The fourth-order valence-electron chi connectivity index (χ4n) is 2.92. The van der Waals surface area contributed by atoms with Crippen LogP contribution in [0.4, 0.5) is 5.82 Å². The summed E-state index contributed by atoms with van der Waals surface area (Å²) in [6.45, 7) is -0.0349. The minimum atomic E-state index is -4.87. The molecule has 166 valence electrons. The topological polar surface area (TPSA) is 148 Å². The zero-order valence-corrected chi connectivity index (χ0v) is 18.4. The average Bonchev–Trinajstić information content (AvgIpc) is 3.44. The summed E-state index contributed by atoms with van der Waals surface area (Å²) in [5, 5.41) is 6.91. The summed E-state index contributed by atoms with van der Waals surface area (Å²) < 4.78 is 27.7. The first-order valence-electron chi connectivity index (χ1n) is 9.40. The van der Waals surface area contributed by atoms with Gasteiger partial charge in [-0.25, -0.2) is 9.55 Å². The molecule has 1 atom stereocenters. The van der Waals surface area contributed by atoms with Gasteiger partial charge < -0.3 is 19.0 Å². The highest BCUT2D eigenvalue weighted by atomic mass is 32.1. The fraction of sp³-hybridized carbons (Fsp3) is 0.150. The van der Waals surface area contributed by atoms with Gasteiger partial charge >= 0.3 is 0 Å². The van der Waals surface area contributed by atoms with E-state index in [-0.39, 0.29) is 5.82 Å². The lowest BCUT2D eigenvalue weighted by molar-refractivity contribution is -0.712. The quantitative estimate of drug-likeness (QED) is 0.275. The molecule has 3 heterocycles. The molecule has 3 N–H and O–H groups in total. The lowest BCUT2D eigenvalue weighted by Crippen LogP contribution is -2.38. The number of rotatable bonds is 9. The van der Waals surface area contributed by atoms with E-state index < -0.39 is 14.6 Å². The molecule has 32 heavy (non-hydrogen) atoms. The summed E-state index contributed by atoms with van der Waals surface area (Å²) >= 11 is 1.54. The smallest absolute Gasteiger partial charge is 0.285 e. The van der Waals surface area contributed by atoms with Crippen molar-refractivity contribution in [1.29, 1.82) is 0 Å². The number of phosphoric ester groups is 1. The van der Waals surface area contributed by atoms with Crippen molar-refractivity contribution >= 4 is 25.0 Å². The van der Waals surface area contributed by atoms with Crippen LogP contribution >= 0.6 is 19.2 Å². The van der Waals surface area contributed by atoms with Crippen LogP contribution in [0.2, 0.25) is 0 Å². The van der Waals surface area contributed by atoms with Crippen molar-refractivity contribution in [2.45, 2.75) is 19.8 Å². The van der Waals surface area contributed by atoms with Crippen molar-refractivity contribution < 1.29 is 32.7 Å².